The summed E-state index contributed by atoms with van der Waals surface area (Å²) in [5, 5.41) is 8.88. The summed E-state index contributed by atoms with van der Waals surface area (Å²) in [5.41, 5.74) is 0. The van der Waals surface area contributed by atoms with Gasteiger partial charge >= 0.3 is 11.9 Å². The Balaban J connectivity index is 3.19. The Morgan fingerprint density at radius 2 is 2.05 bits per heavy atom. The molecule has 0 aliphatic carbocycles. The lowest BCUT2D eigenvalue weighted by molar-refractivity contribution is -0.141. The fraction of sp³-hybridized carbons (Fsp3) is 0.538. The molecule has 0 aliphatic heterocycles. The number of carbonyl (C=O) groups is 2. The topological polar surface area (TPSA) is 114 Å². The second-order valence-electron chi connectivity index (χ2n) is 4.77. The standard InChI is InChI=1S/C13H19NO7S/c1-5-9-11(6-10(21-9)13(17)20-4)22(18,19)14(3)7-8(2)12(15)16/h6,8H,5,7H2,1-4H3,(H,15,16). The zero-order valence-electron chi connectivity index (χ0n) is 12.8. The number of nitrogens with zero attached hydrogens (tertiary/aromatic N) is 1. The van der Waals surface area contributed by atoms with E-state index < -0.39 is 27.9 Å². The summed E-state index contributed by atoms with van der Waals surface area (Å²) in [5.74, 6) is -2.83. The van der Waals surface area contributed by atoms with Gasteiger partial charge in [0.15, 0.2) is 0 Å². The second kappa shape index (κ2) is 6.93. The average Bonchev–Trinajstić information content (AvgIpc) is 2.90. The first-order valence-corrected chi connectivity index (χ1v) is 7.99. The minimum Gasteiger partial charge on any atom is -0.481 e. The van der Waals surface area contributed by atoms with Crippen molar-refractivity contribution >= 4 is 22.0 Å². The Labute approximate surface area is 128 Å². The lowest BCUT2D eigenvalue weighted by Crippen LogP contribution is -2.34. The molecule has 1 N–H and O–H groups in total. The molecule has 0 aromatic carbocycles. The molecule has 0 saturated carbocycles. The van der Waals surface area contributed by atoms with Crippen LogP contribution >= 0.6 is 0 Å². The van der Waals surface area contributed by atoms with Crippen molar-refractivity contribution in [2.24, 2.45) is 5.92 Å². The number of sulfonamides is 1. The third-order valence-corrected chi connectivity index (χ3v) is 4.99. The van der Waals surface area contributed by atoms with Gasteiger partial charge in [0.2, 0.25) is 15.8 Å². The summed E-state index contributed by atoms with van der Waals surface area (Å²) >= 11 is 0. The number of carbonyl (C=O) groups excluding carboxylic acids is 1. The highest BCUT2D eigenvalue weighted by molar-refractivity contribution is 7.89. The summed E-state index contributed by atoms with van der Waals surface area (Å²) < 4.78 is 35.7. The van der Waals surface area contributed by atoms with Gasteiger partial charge in [0.1, 0.15) is 10.7 Å². The summed E-state index contributed by atoms with van der Waals surface area (Å²) in [4.78, 5) is 22.2. The van der Waals surface area contributed by atoms with Gasteiger partial charge in [-0.3, -0.25) is 4.79 Å². The molecule has 1 heterocycles. The van der Waals surface area contributed by atoms with Gasteiger partial charge in [-0.15, -0.1) is 0 Å². The van der Waals surface area contributed by atoms with Crippen molar-refractivity contribution < 1.29 is 32.3 Å². The molecule has 8 nitrogen and oxygen atoms in total. The number of aryl methyl sites for hydroxylation is 1. The van der Waals surface area contributed by atoms with Crippen LogP contribution in [-0.4, -0.2) is 50.5 Å². The van der Waals surface area contributed by atoms with Crippen LogP contribution in [0.1, 0.15) is 30.2 Å². The van der Waals surface area contributed by atoms with Crippen molar-refractivity contribution in [1.82, 2.24) is 4.31 Å². The van der Waals surface area contributed by atoms with Crippen LogP contribution in [0.15, 0.2) is 15.4 Å². The van der Waals surface area contributed by atoms with E-state index in [-0.39, 0.29) is 29.4 Å². The lowest BCUT2D eigenvalue weighted by atomic mass is 10.2. The number of hydrogen-bond donors (Lipinski definition) is 1. The van der Waals surface area contributed by atoms with E-state index in [0.717, 1.165) is 17.5 Å². The largest absolute Gasteiger partial charge is 0.481 e. The fourth-order valence-electron chi connectivity index (χ4n) is 1.81. The predicted octanol–water partition coefficient (Wildman–Crippen LogP) is 0.970. The molecule has 124 valence electrons. The van der Waals surface area contributed by atoms with Crippen LogP contribution < -0.4 is 0 Å². The summed E-state index contributed by atoms with van der Waals surface area (Å²) in [7, 11) is -1.53. The first-order chi connectivity index (χ1) is 10.1. The van der Waals surface area contributed by atoms with Crippen LogP contribution in [0.25, 0.3) is 0 Å². The Morgan fingerprint density at radius 3 is 2.50 bits per heavy atom. The highest BCUT2D eigenvalue weighted by Crippen LogP contribution is 2.25. The van der Waals surface area contributed by atoms with Gasteiger partial charge in [-0.2, -0.15) is 4.31 Å². The maximum absolute atomic E-state index is 12.5. The highest BCUT2D eigenvalue weighted by atomic mass is 32.2. The molecule has 1 aromatic heterocycles. The number of carboxylic acids is 1. The summed E-state index contributed by atoms with van der Waals surface area (Å²) in [6, 6.07) is 1.10. The molecule has 0 bridgehead atoms. The van der Waals surface area contributed by atoms with E-state index in [4.69, 9.17) is 9.52 Å². The van der Waals surface area contributed by atoms with Gasteiger partial charge in [0.25, 0.3) is 0 Å². The van der Waals surface area contributed by atoms with Gasteiger partial charge in [-0.05, 0) is 0 Å². The van der Waals surface area contributed by atoms with Crippen LogP contribution in [0.3, 0.4) is 0 Å². The normalized spacial score (nSPS) is 13.1. The molecule has 1 rings (SSSR count). The van der Waals surface area contributed by atoms with Crippen LogP contribution in [0.4, 0.5) is 0 Å². The van der Waals surface area contributed by atoms with Crippen molar-refractivity contribution in [1.29, 1.82) is 0 Å². The predicted molar refractivity (Wildman–Crippen MR) is 76.0 cm³/mol. The van der Waals surface area contributed by atoms with Crippen molar-refractivity contribution in [3.63, 3.8) is 0 Å². The number of rotatable bonds is 7. The van der Waals surface area contributed by atoms with Gasteiger partial charge in [0.05, 0.1) is 13.0 Å². The van der Waals surface area contributed by atoms with Gasteiger partial charge in [-0.1, -0.05) is 13.8 Å². The zero-order valence-corrected chi connectivity index (χ0v) is 13.6. The van der Waals surface area contributed by atoms with Crippen molar-refractivity contribution in [2.45, 2.75) is 25.2 Å². The quantitative estimate of drug-likeness (QED) is 0.739. The second-order valence-corrected chi connectivity index (χ2v) is 6.78. The van der Waals surface area contributed by atoms with E-state index in [0.29, 0.717) is 0 Å². The summed E-state index contributed by atoms with van der Waals surface area (Å²) in [6.45, 7) is 2.89. The maximum atomic E-state index is 12.5. The molecule has 22 heavy (non-hydrogen) atoms. The third-order valence-electron chi connectivity index (χ3n) is 3.12. The Hall–Kier alpha value is -1.87. The summed E-state index contributed by atoms with van der Waals surface area (Å²) in [6.07, 6.45) is 0.258. The van der Waals surface area contributed by atoms with Crippen LogP contribution in [-0.2, 0) is 26.0 Å². The highest BCUT2D eigenvalue weighted by Gasteiger charge is 2.30. The molecular weight excluding hydrogens is 314 g/mol. The van der Waals surface area contributed by atoms with Crippen LogP contribution in [0.5, 0.6) is 0 Å². The maximum Gasteiger partial charge on any atom is 0.373 e. The third kappa shape index (κ3) is 3.66. The Morgan fingerprint density at radius 1 is 1.45 bits per heavy atom. The molecule has 1 aromatic rings. The molecule has 0 amide bonds. The Kier molecular flexibility index (Phi) is 5.72. The van der Waals surface area contributed by atoms with E-state index in [1.165, 1.54) is 14.0 Å². The zero-order chi connectivity index (χ0) is 17.1. The van der Waals surface area contributed by atoms with Gasteiger partial charge in [0, 0.05) is 26.1 Å². The number of ether oxygens (including phenoxy) is 1. The minimum absolute atomic E-state index is 0.121. The molecule has 0 saturated heterocycles. The van der Waals surface area contributed by atoms with Gasteiger partial charge in [-0.25, -0.2) is 13.2 Å². The van der Waals surface area contributed by atoms with Crippen molar-refractivity contribution in [3.8, 4) is 0 Å². The van der Waals surface area contributed by atoms with Crippen LogP contribution in [0.2, 0.25) is 0 Å². The van der Waals surface area contributed by atoms with E-state index in [2.05, 4.69) is 4.74 Å². The monoisotopic (exact) mass is 333 g/mol. The molecule has 0 radical (unpaired) electrons. The fourth-order valence-corrected chi connectivity index (χ4v) is 3.29. The van der Waals surface area contributed by atoms with E-state index in [1.807, 2.05) is 0 Å². The van der Waals surface area contributed by atoms with E-state index >= 15 is 0 Å². The first kappa shape index (κ1) is 18.2. The molecule has 9 heteroatoms. The number of methoxy groups -OCH3 is 1. The SMILES string of the molecule is CCc1oc(C(=O)OC)cc1S(=O)(=O)N(C)CC(C)C(=O)O. The number of furan rings is 1. The van der Waals surface area contributed by atoms with E-state index in [9.17, 15) is 18.0 Å². The van der Waals surface area contributed by atoms with Gasteiger partial charge < -0.3 is 14.3 Å². The lowest BCUT2D eigenvalue weighted by Gasteiger charge is -2.18. The smallest absolute Gasteiger partial charge is 0.373 e. The van der Waals surface area contributed by atoms with E-state index in [1.54, 1.807) is 6.92 Å². The van der Waals surface area contributed by atoms with Crippen LogP contribution in [0, 0.1) is 5.92 Å². The molecule has 1 atom stereocenters. The molecule has 1 unspecified atom stereocenters. The number of hydrogen-bond acceptors (Lipinski definition) is 6. The molecule has 0 aliphatic rings. The average molecular weight is 333 g/mol. The first-order valence-electron chi connectivity index (χ1n) is 6.55. The number of aliphatic carboxylic acids is 1. The number of esters is 1. The number of carboxylic acid groups (broad SMARTS) is 1. The Bertz CT molecular complexity index is 662. The minimum atomic E-state index is -3.96. The van der Waals surface area contributed by atoms with Crippen molar-refractivity contribution in [2.75, 3.05) is 20.7 Å². The van der Waals surface area contributed by atoms with Crippen molar-refractivity contribution in [3.05, 3.63) is 17.6 Å². The molecule has 0 fully saturated rings. The molecule has 0 spiro atoms. The molecular formula is C13H19NO7S.